The molecule has 0 radical (unpaired) electrons. The highest BCUT2D eigenvalue weighted by Crippen LogP contribution is 2.34. The molecule has 2 aromatic carbocycles. The van der Waals surface area contributed by atoms with Crippen LogP contribution in [-0.2, 0) is 11.3 Å². The second-order valence-corrected chi connectivity index (χ2v) is 7.70. The van der Waals surface area contributed by atoms with Crippen molar-refractivity contribution >= 4 is 46.6 Å². The van der Waals surface area contributed by atoms with Gasteiger partial charge in [-0.2, -0.15) is 0 Å². The smallest absolute Gasteiger partial charge is 0.379 e. The number of hydrogen-bond acceptors (Lipinski definition) is 6. The summed E-state index contributed by atoms with van der Waals surface area (Å²) < 4.78 is 10.3. The minimum absolute atomic E-state index is 0.0843. The number of benzene rings is 2. The molecule has 0 bridgehead atoms. The van der Waals surface area contributed by atoms with E-state index < -0.39 is 11.9 Å². The van der Waals surface area contributed by atoms with E-state index in [2.05, 4.69) is 0 Å². The van der Waals surface area contributed by atoms with E-state index >= 15 is 0 Å². The fourth-order valence-corrected chi connectivity index (χ4v) is 3.84. The number of ether oxygens (including phenoxy) is 1. The number of carbonyl (C=O) groups is 3. The van der Waals surface area contributed by atoms with Gasteiger partial charge in [0.25, 0.3) is 11.1 Å². The first kappa shape index (κ1) is 20.0. The lowest BCUT2D eigenvalue weighted by Crippen LogP contribution is -2.27. The summed E-state index contributed by atoms with van der Waals surface area (Å²) in [5.41, 5.74) is 1.30. The molecule has 1 saturated heterocycles. The number of esters is 1. The largest absolute Gasteiger partial charge is 0.457 e. The number of furan rings is 1. The van der Waals surface area contributed by atoms with Gasteiger partial charge in [-0.3, -0.25) is 14.5 Å². The van der Waals surface area contributed by atoms with Gasteiger partial charge in [-0.25, -0.2) is 4.79 Å². The van der Waals surface area contributed by atoms with E-state index in [1.165, 1.54) is 12.3 Å². The summed E-state index contributed by atoms with van der Waals surface area (Å²) in [6, 6.07) is 16.8. The Morgan fingerprint density at radius 3 is 2.70 bits per heavy atom. The van der Waals surface area contributed by atoms with Crippen LogP contribution >= 0.6 is 23.4 Å². The predicted molar refractivity (Wildman–Crippen MR) is 113 cm³/mol. The first-order valence-corrected chi connectivity index (χ1v) is 10.1. The zero-order valence-corrected chi connectivity index (χ0v) is 17.0. The number of imide groups is 1. The average molecular weight is 440 g/mol. The number of nitrogens with zero attached hydrogens (tertiary/aromatic N) is 1. The minimum atomic E-state index is -0.628. The summed E-state index contributed by atoms with van der Waals surface area (Å²) in [4.78, 5) is 38.5. The fourth-order valence-electron chi connectivity index (χ4n) is 2.80. The molecule has 1 aliphatic rings. The van der Waals surface area contributed by atoms with Gasteiger partial charge < -0.3 is 9.15 Å². The maximum Gasteiger partial charge on any atom is 0.379 e. The van der Waals surface area contributed by atoms with Crippen LogP contribution < -0.4 is 4.74 Å². The van der Waals surface area contributed by atoms with Crippen molar-refractivity contribution in [3.8, 4) is 5.75 Å². The van der Waals surface area contributed by atoms with E-state index in [0.29, 0.717) is 21.9 Å². The molecule has 1 aromatic heterocycles. The van der Waals surface area contributed by atoms with Crippen LogP contribution in [0.5, 0.6) is 5.75 Å². The molecule has 0 unspecified atom stereocenters. The lowest BCUT2D eigenvalue weighted by atomic mass is 10.2. The van der Waals surface area contributed by atoms with Gasteiger partial charge in [-0.1, -0.05) is 41.9 Å². The lowest BCUT2D eigenvalue weighted by Gasteiger charge is -2.13. The van der Waals surface area contributed by atoms with Crippen molar-refractivity contribution in [1.29, 1.82) is 0 Å². The lowest BCUT2D eigenvalue weighted by molar-refractivity contribution is -0.123. The number of rotatable bonds is 5. The Labute approximate surface area is 181 Å². The summed E-state index contributed by atoms with van der Waals surface area (Å²) in [6.07, 6.45) is 2.97. The molecule has 2 heterocycles. The standard InChI is InChI=1S/C22H14ClNO5S/c23-17-8-2-1-6-15(17)13-24-20(25)19(30-22(24)27)12-14-5-3-7-16(11-14)29-21(26)18-9-4-10-28-18/h1-12H,13H2/b19-12-. The summed E-state index contributed by atoms with van der Waals surface area (Å²) in [5, 5.41) is 0.123. The van der Waals surface area contributed by atoms with Gasteiger partial charge in [-0.15, -0.1) is 0 Å². The Kier molecular flexibility index (Phi) is 5.74. The highest BCUT2D eigenvalue weighted by Gasteiger charge is 2.35. The summed E-state index contributed by atoms with van der Waals surface area (Å²) in [7, 11) is 0. The van der Waals surface area contributed by atoms with Crippen molar-refractivity contribution in [3.05, 3.63) is 93.7 Å². The first-order chi connectivity index (χ1) is 14.5. The van der Waals surface area contributed by atoms with Gasteiger partial charge in [0.15, 0.2) is 0 Å². The SMILES string of the molecule is O=C(Oc1cccc(/C=C2\SC(=O)N(Cc3ccccc3Cl)C2=O)c1)c1ccco1. The van der Waals surface area contributed by atoms with Gasteiger partial charge in [0.2, 0.25) is 5.76 Å². The van der Waals surface area contributed by atoms with Crippen LogP contribution in [0.1, 0.15) is 21.7 Å². The molecule has 6 nitrogen and oxygen atoms in total. The van der Waals surface area contributed by atoms with E-state index in [1.54, 1.807) is 60.7 Å². The van der Waals surface area contributed by atoms with Crippen LogP contribution in [0.25, 0.3) is 6.08 Å². The average Bonchev–Trinajstić information content (AvgIpc) is 3.35. The highest BCUT2D eigenvalue weighted by molar-refractivity contribution is 8.18. The van der Waals surface area contributed by atoms with Crippen molar-refractivity contribution < 1.29 is 23.5 Å². The van der Waals surface area contributed by atoms with Crippen LogP contribution in [-0.4, -0.2) is 22.0 Å². The summed E-state index contributed by atoms with van der Waals surface area (Å²) in [5.74, 6) is -0.651. The van der Waals surface area contributed by atoms with Crippen molar-refractivity contribution in [2.45, 2.75) is 6.54 Å². The molecule has 3 aromatic rings. The topological polar surface area (TPSA) is 76.8 Å². The van der Waals surface area contributed by atoms with Crippen LogP contribution in [0.4, 0.5) is 4.79 Å². The normalized spacial score (nSPS) is 15.1. The maximum absolute atomic E-state index is 12.7. The van der Waals surface area contributed by atoms with Gasteiger partial charge in [0.05, 0.1) is 17.7 Å². The van der Waals surface area contributed by atoms with Crippen LogP contribution in [0.15, 0.2) is 76.2 Å². The van der Waals surface area contributed by atoms with Crippen molar-refractivity contribution in [2.24, 2.45) is 0 Å². The van der Waals surface area contributed by atoms with E-state index in [-0.39, 0.29) is 22.4 Å². The number of halogens is 1. The predicted octanol–water partition coefficient (Wildman–Crippen LogP) is 5.39. The quantitative estimate of drug-likeness (QED) is 0.301. The first-order valence-electron chi connectivity index (χ1n) is 8.86. The zero-order valence-electron chi connectivity index (χ0n) is 15.4. The van der Waals surface area contributed by atoms with Crippen molar-refractivity contribution in [2.75, 3.05) is 0 Å². The number of hydrogen-bond donors (Lipinski definition) is 0. The van der Waals surface area contributed by atoms with E-state index in [4.69, 9.17) is 20.8 Å². The van der Waals surface area contributed by atoms with E-state index in [1.807, 2.05) is 0 Å². The molecule has 0 atom stereocenters. The Hall–Kier alpha value is -3.29. The van der Waals surface area contributed by atoms with Crippen LogP contribution in [0, 0.1) is 0 Å². The molecule has 1 fully saturated rings. The molecule has 30 heavy (non-hydrogen) atoms. The van der Waals surface area contributed by atoms with Gasteiger partial charge in [0.1, 0.15) is 5.75 Å². The molecule has 0 N–H and O–H groups in total. The van der Waals surface area contributed by atoms with Crippen LogP contribution in [0.3, 0.4) is 0 Å². The minimum Gasteiger partial charge on any atom is -0.457 e. The van der Waals surface area contributed by atoms with E-state index in [0.717, 1.165) is 16.7 Å². The second kappa shape index (κ2) is 8.61. The Morgan fingerprint density at radius 1 is 1.10 bits per heavy atom. The van der Waals surface area contributed by atoms with Crippen molar-refractivity contribution in [1.82, 2.24) is 4.90 Å². The maximum atomic E-state index is 12.7. The number of carbonyl (C=O) groups excluding carboxylic acids is 3. The fraction of sp³-hybridized carbons (Fsp3) is 0.0455. The number of amides is 2. The Bertz CT molecular complexity index is 1160. The molecular weight excluding hydrogens is 426 g/mol. The van der Waals surface area contributed by atoms with Gasteiger partial charge in [-0.05, 0) is 59.3 Å². The highest BCUT2D eigenvalue weighted by atomic mass is 35.5. The van der Waals surface area contributed by atoms with E-state index in [9.17, 15) is 14.4 Å². The third kappa shape index (κ3) is 4.32. The Morgan fingerprint density at radius 2 is 1.93 bits per heavy atom. The van der Waals surface area contributed by atoms with Gasteiger partial charge in [0, 0.05) is 5.02 Å². The molecule has 150 valence electrons. The molecule has 2 amide bonds. The molecule has 0 aliphatic carbocycles. The molecule has 1 aliphatic heterocycles. The molecule has 0 saturated carbocycles. The van der Waals surface area contributed by atoms with Crippen LogP contribution in [0.2, 0.25) is 5.02 Å². The summed E-state index contributed by atoms with van der Waals surface area (Å²) >= 11 is 6.99. The van der Waals surface area contributed by atoms with Crippen molar-refractivity contribution in [3.63, 3.8) is 0 Å². The zero-order chi connectivity index (χ0) is 21.1. The molecule has 0 spiro atoms. The molecular formula is C22H14ClNO5S. The molecule has 4 rings (SSSR count). The monoisotopic (exact) mass is 439 g/mol. The summed E-state index contributed by atoms with van der Waals surface area (Å²) in [6.45, 7) is 0.0997. The Balaban J connectivity index is 1.51. The second-order valence-electron chi connectivity index (χ2n) is 6.30. The molecule has 8 heteroatoms. The third-order valence-electron chi connectivity index (χ3n) is 4.25. The number of thioether (sulfide) groups is 1. The third-order valence-corrected chi connectivity index (χ3v) is 5.52. The van der Waals surface area contributed by atoms with Gasteiger partial charge >= 0.3 is 5.97 Å².